The van der Waals surface area contributed by atoms with Crippen molar-refractivity contribution in [3.8, 4) is 0 Å². The molecule has 4 nitrogen and oxygen atoms in total. The number of amides is 2. The molecule has 2 aliphatic rings. The van der Waals surface area contributed by atoms with E-state index in [-0.39, 0.29) is 35.8 Å². The normalized spacial score (nSPS) is 22.1. The van der Waals surface area contributed by atoms with Gasteiger partial charge in [-0.3, -0.25) is 14.5 Å². The van der Waals surface area contributed by atoms with Crippen LogP contribution < -0.4 is 0 Å². The third-order valence-electron chi connectivity index (χ3n) is 4.49. The van der Waals surface area contributed by atoms with E-state index in [4.69, 9.17) is 0 Å². The Morgan fingerprint density at radius 1 is 1.10 bits per heavy atom. The average Bonchev–Trinajstić information content (AvgIpc) is 2.71. The van der Waals surface area contributed by atoms with Crippen molar-refractivity contribution in [2.45, 2.75) is 31.7 Å². The quantitative estimate of drug-likeness (QED) is 0.579. The Balaban J connectivity index is 0.00000161. The monoisotopic (exact) mass is 400 g/mol. The predicted molar refractivity (Wildman–Crippen MR) is 92.1 cm³/mol. The highest BCUT2D eigenvalue weighted by Gasteiger charge is 2.35. The highest BCUT2D eigenvalue weighted by molar-refractivity contribution is 14.0. The number of halogens is 1. The number of hydrogen-bond donors (Lipinski definition) is 0. The van der Waals surface area contributed by atoms with E-state index < -0.39 is 0 Å². The van der Waals surface area contributed by atoms with E-state index in [0.29, 0.717) is 23.7 Å². The molecule has 5 heteroatoms. The molecule has 1 aromatic carbocycles. The van der Waals surface area contributed by atoms with Gasteiger partial charge in [-0.15, -0.1) is 24.0 Å². The van der Waals surface area contributed by atoms with E-state index >= 15 is 0 Å². The molecular weight excluding hydrogens is 379 g/mol. The van der Waals surface area contributed by atoms with Gasteiger partial charge in [0.25, 0.3) is 11.8 Å². The second-order valence-electron chi connectivity index (χ2n) is 5.73. The van der Waals surface area contributed by atoms with Crippen LogP contribution >= 0.6 is 24.0 Å². The number of hydrogen-bond acceptors (Lipinski definition) is 3. The molecule has 1 aromatic rings. The van der Waals surface area contributed by atoms with Gasteiger partial charge in [0.1, 0.15) is 0 Å². The molecule has 2 aliphatic heterocycles. The number of fused-ring (bicyclic) bond motifs is 1. The van der Waals surface area contributed by atoms with Gasteiger partial charge in [-0.1, -0.05) is 18.6 Å². The predicted octanol–water partition coefficient (Wildman–Crippen LogP) is 2.78. The minimum Gasteiger partial charge on any atom is -0.303 e. The number of benzene rings is 1. The molecule has 1 fully saturated rings. The lowest BCUT2D eigenvalue weighted by Gasteiger charge is -2.33. The molecule has 0 N–H and O–H groups in total. The summed E-state index contributed by atoms with van der Waals surface area (Å²) in [6.07, 6.45) is 4.54. The molecule has 1 atom stereocenters. The number of carbonyl (C=O) groups is 2. The summed E-state index contributed by atoms with van der Waals surface area (Å²) in [6, 6.07) is 7.59. The molecule has 21 heavy (non-hydrogen) atoms. The first-order valence-corrected chi connectivity index (χ1v) is 7.34. The van der Waals surface area contributed by atoms with E-state index in [1.807, 2.05) is 12.1 Å². The van der Waals surface area contributed by atoms with Crippen molar-refractivity contribution in [1.29, 1.82) is 0 Å². The van der Waals surface area contributed by atoms with E-state index in [2.05, 4.69) is 11.9 Å². The lowest BCUT2D eigenvalue weighted by atomic mass is 10.00. The Hall–Kier alpha value is -0.950. The third-order valence-corrected chi connectivity index (χ3v) is 4.49. The number of imide groups is 1. The topological polar surface area (TPSA) is 40.6 Å². The average molecular weight is 400 g/mol. The Morgan fingerprint density at radius 3 is 2.29 bits per heavy atom. The molecule has 0 saturated carbocycles. The number of piperidine rings is 1. The van der Waals surface area contributed by atoms with Crippen LogP contribution in [0.5, 0.6) is 0 Å². The van der Waals surface area contributed by atoms with Crippen LogP contribution in [0.3, 0.4) is 0 Å². The fourth-order valence-corrected chi connectivity index (χ4v) is 3.23. The zero-order chi connectivity index (χ0) is 14.1. The first-order valence-electron chi connectivity index (χ1n) is 7.34. The van der Waals surface area contributed by atoms with Gasteiger partial charge < -0.3 is 4.90 Å². The summed E-state index contributed by atoms with van der Waals surface area (Å²) < 4.78 is 0. The number of nitrogens with zero attached hydrogens (tertiary/aromatic N) is 2. The number of carbonyl (C=O) groups excluding carboxylic acids is 2. The molecule has 1 saturated heterocycles. The summed E-state index contributed by atoms with van der Waals surface area (Å²) in [5.41, 5.74) is 1.10. The lowest BCUT2D eigenvalue weighted by molar-refractivity contribution is 0.0630. The van der Waals surface area contributed by atoms with E-state index in [9.17, 15) is 9.59 Å². The van der Waals surface area contributed by atoms with Crippen molar-refractivity contribution in [2.75, 3.05) is 20.1 Å². The molecule has 0 bridgehead atoms. The highest BCUT2D eigenvalue weighted by Crippen LogP contribution is 2.24. The maximum absolute atomic E-state index is 12.3. The molecule has 0 radical (unpaired) electrons. The summed E-state index contributed by atoms with van der Waals surface area (Å²) in [5, 5.41) is 0. The van der Waals surface area contributed by atoms with Crippen LogP contribution in [0.15, 0.2) is 24.3 Å². The first-order chi connectivity index (χ1) is 9.68. The second kappa shape index (κ2) is 6.87. The van der Waals surface area contributed by atoms with Crippen LogP contribution in [0.25, 0.3) is 0 Å². The minimum atomic E-state index is -0.135. The number of rotatable bonds is 3. The van der Waals surface area contributed by atoms with E-state index in [1.165, 1.54) is 24.2 Å². The van der Waals surface area contributed by atoms with Crippen LogP contribution in [-0.4, -0.2) is 47.8 Å². The Morgan fingerprint density at radius 2 is 1.71 bits per heavy atom. The lowest BCUT2D eigenvalue weighted by Crippen LogP contribution is -2.40. The van der Waals surface area contributed by atoms with Crippen molar-refractivity contribution in [2.24, 2.45) is 0 Å². The van der Waals surface area contributed by atoms with Gasteiger partial charge in [-0.2, -0.15) is 0 Å². The van der Waals surface area contributed by atoms with Crippen molar-refractivity contribution < 1.29 is 9.59 Å². The second-order valence-corrected chi connectivity index (χ2v) is 5.73. The van der Waals surface area contributed by atoms with Gasteiger partial charge in [0.15, 0.2) is 0 Å². The number of likely N-dealkylation sites (tertiary alicyclic amines) is 1. The zero-order valence-corrected chi connectivity index (χ0v) is 14.6. The van der Waals surface area contributed by atoms with E-state index in [0.717, 1.165) is 13.0 Å². The van der Waals surface area contributed by atoms with Crippen LogP contribution in [0.4, 0.5) is 0 Å². The van der Waals surface area contributed by atoms with Gasteiger partial charge in [-0.05, 0) is 45.0 Å². The summed E-state index contributed by atoms with van der Waals surface area (Å²) in [4.78, 5) is 28.3. The molecule has 2 heterocycles. The van der Waals surface area contributed by atoms with Crippen molar-refractivity contribution in [3.05, 3.63) is 35.4 Å². The fourth-order valence-electron chi connectivity index (χ4n) is 3.23. The molecule has 0 aromatic heterocycles. The van der Waals surface area contributed by atoms with Crippen LogP contribution in [-0.2, 0) is 0 Å². The van der Waals surface area contributed by atoms with Gasteiger partial charge >= 0.3 is 0 Å². The summed E-state index contributed by atoms with van der Waals surface area (Å²) >= 11 is 0. The fraction of sp³-hybridized carbons (Fsp3) is 0.500. The Labute approximate surface area is 142 Å². The molecular formula is C16H21IN2O2. The molecule has 114 valence electrons. The van der Waals surface area contributed by atoms with Gasteiger partial charge in [0, 0.05) is 12.6 Å². The SMILES string of the molecule is CN1CCCCC1CCN1C(=O)c2ccccc2C1=O.I. The maximum Gasteiger partial charge on any atom is 0.261 e. The highest BCUT2D eigenvalue weighted by atomic mass is 127. The van der Waals surface area contributed by atoms with Crippen LogP contribution in [0.2, 0.25) is 0 Å². The summed E-state index contributed by atoms with van der Waals surface area (Å²) in [7, 11) is 2.13. The van der Waals surface area contributed by atoms with Crippen molar-refractivity contribution in [1.82, 2.24) is 9.80 Å². The van der Waals surface area contributed by atoms with E-state index in [1.54, 1.807) is 12.1 Å². The van der Waals surface area contributed by atoms with Gasteiger partial charge in [0.2, 0.25) is 0 Å². The molecule has 3 rings (SSSR count). The van der Waals surface area contributed by atoms with Gasteiger partial charge in [0.05, 0.1) is 11.1 Å². The maximum atomic E-state index is 12.3. The van der Waals surface area contributed by atoms with Crippen LogP contribution in [0.1, 0.15) is 46.4 Å². The Kier molecular flexibility index (Phi) is 5.37. The third kappa shape index (κ3) is 3.13. The van der Waals surface area contributed by atoms with Crippen LogP contribution in [0, 0.1) is 0 Å². The van der Waals surface area contributed by atoms with Gasteiger partial charge in [-0.25, -0.2) is 0 Å². The standard InChI is InChI=1S/C16H20N2O2.HI/c1-17-10-5-4-6-12(17)9-11-18-15(19)13-7-2-3-8-14(13)16(18)20;/h2-3,7-8,12H,4-6,9-11H2,1H3;1H. The Bertz CT molecular complexity index is 512. The first kappa shape index (κ1) is 16.4. The largest absolute Gasteiger partial charge is 0.303 e. The smallest absolute Gasteiger partial charge is 0.261 e. The molecule has 0 aliphatic carbocycles. The van der Waals surface area contributed by atoms with Crippen molar-refractivity contribution >= 4 is 35.8 Å². The molecule has 1 unspecified atom stereocenters. The summed E-state index contributed by atoms with van der Waals surface area (Å²) in [6.45, 7) is 1.65. The molecule has 2 amide bonds. The zero-order valence-electron chi connectivity index (χ0n) is 12.2. The van der Waals surface area contributed by atoms with Crippen molar-refractivity contribution in [3.63, 3.8) is 0 Å². The minimum absolute atomic E-state index is 0. The summed E-state index contributed by atoms with van der Waals surface area (Å²) in [5.74, 6) is -0.270. The molecule has 0 spiro atoms.